The highest BCUT2D eigenvalue weighted by Crippen LogP contribution is 2.16. The molecule has 0 unspecified atom stereocenters. The first-order valence-corrected chi connectivity index (χ1v) is 4.05. The fourth-order valence-corrected chi connectivity index (χ4v) is 1.10. The van der Waals surface area contributed by atoms with Gasteiger partial charge in [-0.25, -0.2) is 4.39 Å². The molecule has 0 atom stereocenters. The minimum Gasteiger partial charge on any atom is -0.344 e. The van der Waals surface area contributed by atoms with Gasteiger partial charge in [-0.3, -0.25) is 0 Å². The van der Waals surface area contributed by atoms with Gasteiger partial charge in [0.05, 0.1) is 5.02 Å². The van der Waals surface area contributed by atoms with Crippen LogP contribution in [0.5, 0.6) is 0 Å². The summed E-state index contributed by atoms with van der Waals surface area (Å²) in [4.78, 5) is 0. The minimum absolute atomic E-state index is 0. The Morgan fingerprint density at radius 2 is 2.08 bits per heavy atom. The Morgan fingerprint density at radius 3 is 2.58 bits per heavy atom. The average molecular weight is 190 g/mol. The molecular formula is C9H13ClFN. The van der Waals surface area contributed by atoms with Crippen molar-refractivity contribution in [1.29, 1.82) is 0 Å². The highest BCUT2D eigenvalue weighted by atomic mass is 35.5. The van der Waals surface area contributed by atoms with Crippen LogP contribution in [-0.2, 0) is 6.42 Å². The second kappa shape index (κ2) is 5.12. The van der Waals surface area contributed by atoms with E-state index in [1.807, 2.05) is 6.07 Å². The second-order valence-corrected chi connectivity index (χ2v) is 2.91. The number of halogens is 2. The molecule has 0 aliphatic rings. The Labute approximate surface area is 77.1 Å². The van der Waals surface area contributed by atoms with Gasteiger partial charge in [0, 0.05) is 0 Å². The molecule has 0 fully saturated rings. The summed E-state index contributed by atoms with van der Waals surface area (Å²) in [5.41, 5.74) is 1.01. The van der Waals surface area contributed by atoms with Crippen molar-refractivity contribution in [2.45, 2.75) is 19.8 Å². The zero-order valence-electron chi connectivity index (χ0n) is 7.11. The Balaban J connectivity index is 0.00000121. The van der Waals surface area contributed by atoms with Crippen molar-refractivity contribution >= 4 is 11.6 Å². The van der Waals surface area contributed by atoms with Crippen LogP contribution in [0.4, 0.5) is 4.39 Å². The van der Waals surface area contributed by atoms with Crippen LogP contribution in [0.15, 0.2) is 18.2 Å². The maximum absolute atomic E-state index is 12.8. The van der Waals surface area contributed by atoms with E-state index >= 15 is 0 Å². The van der Waals surface area contributed by atoms with Crippen LogP contribution < -0.4 is 6.15 Å². The maximum atomic E-state index is 12.8. The molecule has 1 aromatic carbocycles. The Bertz CT molecular complexity index is 250. The third-order valence-electron chi connectivity index (χ3n) is 1.52. The van der Waals surface area contributed by atoms with Crippen LogP contribution >= 0.6 is 11.6 Å². The molecule has 1 nitrogen and oxygen atoms in total. The van der Waals surface area contributed by atoms with E-state index in [-0.39, 0.29) is 17.0 Å². The predicted octanol–water partition coefficient (Wildman–Crippen LogP) is 3.59. The van der Waals surface area contributed by atoms with E-state index in [0.29, 0.717) is 0 Å². The van der Waals surface area contributed by atoms with Crippen LogP contribution in [0.25, 0.3) is 0 Å². The molecule has 0 aromatic heterocycles. The molecule has 0 saturated carbocycles. The van der Waals surface area contributed by atoms with Crippen LogP contribution in [0.2, 0.25) is 5.02 Å². The lowest BCUT2D eigenvalue weighted by Crippen LogP contribution is -1.84. The van der Waals surface area contributed by atoms with Gasteiger partial charge in [-0.1, -0.05) is 31.0 Å². The first kappa shape index (κ1) is 11.4. The molecule has 3 N–H and O–H groups in total. The molecule has 0 amide bonds. The van der Waals surface area contributed by atoms with Gasteiger partial charge in [-0.2, -0.15) is 0 Å². The Morgan fingerprint density at radius 1 is 1.42 bits per heavy atom. The number of benzene rings is 1. The number of rotatable bonds is 2. The standard InChI is InChI=1S/C9H10ClF.H3N/c1-2-3-7-4-5-8(10)9(11)6-7;/h4-6H,2-3H2,1H3;1H3. The molecule has 0 bridgehead atoms. The third-order valence-corrected chi connectivity index (χ3v) is 1.83. The highest BCUT2D eigenvalue weighted by Gasteiger charge is 1.98. The van der Waals surface area contributed by atoms with Gasteiger partial charge in [-0.15, -0.1) is 0 Å². The van der Waals surface area contributed by atoms with E-state index in [2.05, 4.69) is 6.92 Å². The summed E-state index contributed by atoms with van der Waals surface area (Å²) < 4.78 is 12.8. The summed E-state index contributed by atoms with van der Waals surface area (Å²) >= 11 is 5.51. The van der Waals surface area contributed by atoms with Crippen molar-refractivity contribution in [3.8, 4) is 0 Å². The SMILES string of the molecule is CCCc1ccc(Cl)c(F)c1.N. The lowest BCUT2D eigenvalue weighted by Gasteiger charge is -1.98. The summed E-state index contributed by atoms with van der Waals surface area (Å²) in [6.45, 7) is 2.06. The highest BCUT2D eigenvalue weighted by molar-refractivity contribution is 6.30. The topological polar surface area (TPSA) is 35.0 Å². The van der Waals surface area contributed by atoms with E-state index in [4.69, 9.17) is 11.6 Å². The van der Waals surface area contributed by atoms with Gasteiger partial charge >= 0.3 is 0 Å². The minimum atomic E-state index is -0.322. The molecule has 0 heterocycles. The second-order valence-electron chi connectivity index (χ2n) is 2.50. The van der Waals surface area contributed by atoms with Crippen molar-refractivity contribution in [3.63, 3.8) is 0 Å². The molecular weight excluding hydrogens is 177 g/mol. The van der Waals surface area contributed by atoms with E-state index in [1.54, 1.807) is 6.07 Å². The summed E-state index contributed by atoms with van der Waals surface area (Å²) in [6, 6.07) is 4.95. The predicted molar refractivity (Wildman–Crippen MR) is 50.4 cm³/mol. The Hall–Kier alpha value is -0.600. The van der Waals surface area contributed by atoms with Crippen LogP contribution in [0.3, 0.4) is 0 Å². The van der Waals surface area contributed by atoms with E-state index in [0.717, 1.165) is 18.4 Å². The summed E-state index contributed by atoms with van der Waals surface area (Å²) in [7, 11) is 0. The van der Waals surface area contributed by atoms with Gasteiger partial charge in [0.15, 0.2) is 0 Å². The zero-order valence-corrected chi connectivity index (χ0v) is 7.87. The van der Waals surface area contributed by atoms with Gasteiger partial charge in [0.25, 0.3) is 0 Å². The average Bonchev–Trinajstić information content (AvgIpc) is 1.98. The summed E-state index contributed by atoms with van der Waals surface area (Å²) in [6.07, 6.45) is 1.94. The van der Waals surface area contributed by atoms with Crippen LogP contribution in [0, 0.1) is 5.82 Å². The van der Waals surface area contributed by atoms with Crippen molar-refractivity contribution in [3.05, 3.63) is 34.6 Å². The molecule has 1 rings (SSSR count). The van der Waals surface area contributed by atoms with Gasteiger partial charge < -0.3 is 6.15 Å². The number of hydrogen-bond acceptors (Lipinski definition) is 1. The Kier molecular flexibility index (Phi) is 4.86. The van der Waals surface area contributed by atoms with Gasteiger partial charge in [0.2, 0.25) is 0 Å². The summed E-state index contributed by atoms with van der Waals surface area (Å²) in [5, 5.41) is 0.199. The molecule has 3 heteroatoms. The quantitative estimate of drug-likeness (QED) is 0.758. The molecule has 0 spiro atoms. The van der Waals surface area contributed by atoms with Crippen molar-refractivity contribution in [1.82, 2.24) is 6.15 Å². The fraction of sp³-hybridized carbons (Fsp3) is 0.333. The van der Waals surface area contributed by atoms with Gasteiger partial charge in [-0.05, 0) is 24.1 Å². The molecule has 0 aliphatic carbocycles. The summed E-state index contributed by atoms with van der Waals surface area (Å²) in [5.74, 6) is -0.322. The van der Waals surface area contributed by atoms with E-state index < -0.39 is 0 Å². The molecule has 1 aromatic rings. The smallest absolute Gasteiger partial charge is 0.142 e. The van der Waals surface area contributed by atoms with E-state index in [1.165, 1.54) is 6.07 Å². The number of aryl methyl sites for hydroxylation is 1. The molecule has 12 heavy (non-hydrogen) atoms. The first-order valence-electron chi connectivity index (χ1n) is 3.68. The fourth-order valence-electron chi connectivity index (χ4n) is 0.984. The maximum Gasteiger partial charge on any atom is 0.142 e. The largest absolute Gasteiger partial charge is 0.344 e. The third kappa shape index (κ3) is 2.80. The zero-order chi connectivity index (χ0) is 8.27. The lowest BCUT2D eigenvalue weighted by atomic mass is 10.1. The monoisotopic (exact) mass is 189 g/mol. The molecule has 0 saturated heterocycles. The molecule has 0 aliphatic heterocycles. The van der Waals surface area contributed by atoms with Crippen LogP contribution in [-0.4, -0.2) is 0 Å². The van der Waals surface area contributed by atoms with Crippen molar-refractivity contribution in [2.75, 3.05) is 0 Å². The normalized spacial score (nSPS) is 9.25. The van der Waals surface area contributed by atoms with Crippen molar-refractivity contribution < 1.29 is 4.39 Å². The van der Waals surface area contributed by atoms with Crippen LogP contribution in [0.1, 0.15) is 18.9 Å². The van der Waals surface area contributed by atoms with Crippen molar-refractivity contribution in [2.24, 2.45) is 0 Å². The molecule has 0 radical (unpaired) electrons. The first-order chi connectivity index (χ1) is 5.24. The number of hydrogen-bond donors (Lipinski definition) is 1. The van der Waals surface area contributed by atoms with Gasteiger partial charge in [0.1, 0.15) is 5.82 Å². The van der Waals surface area contributed by atoms with E-state index in [9.17, 15) is 4.39 Å². The lowest BCUT2D eigenvalue weighted by molar-refractivity contribution is 0.625. The molecule has 68 valence electrons.